The molecule has 4 heterocycles. The van der Waals surface area contributed by atoms with E-state index in [1.165, 1.54) is 0 Å². The van der Waals surface area contributed by atoms with Crippen LogP contribution in [-0.4, -0.2) is 35.2 Å². The van der Waals surface area contributed by atoms with Crippen LogP contribution in [0.5, 0.6) is 0 Å². The van der Waals surface area contributed by atoms with Crippen molar-refractivity contribution in [2.45, 2.75) is 37.5 Å². The normalized spacial score (nSPS) is 29.7. The largest absolute Gasteiger partial charge is 0.416 e. The van der Waals surface area contributed by atoms with Crippen LogP contribution in [0.25, 0.3) is 0 Å². The zero-order valence-electron chi connectivity index (χ0n) is 18.2. The van der Waals surface area contributed by atoms with Gasteiger partial charge in [0.1, 0.15) is 5.54 Å². The van der Waals surface area contributed by atoms with Crippen molar-refractivity contribution in [3.63, 3.8) is 0 Å². The summed E-state index contributed by atoms with van der Waals surface area (Å²) in [7, 11) is 0. The van der Waals surface area contributed by atoms with Crippen molar-refractivity contribution < 1.29 is 27.6 Å². The van der Waals surface area contributed by atoms with E-state index in [4.69, 9.17) is 23.2 Å². The molecule has 6 nitrogen and oxygen atoms in total. The number of rotatable bonds is 1. The molecule has 3 fully saturated rings. The Morgan fingerprint density at radius 3 is 2.49 bits per heavy atom. The standard InChI is InChI=1S/C24H18Cl2F3N3O3/c1-10-13(25)7-5-12-19(10)30-22(35)23(12)18-17(15-3-2-8-31(15)23)20(33)32(21(18)34)16-9-11(24(27,28)29)4-6-14(16)26/h4-7,9,15,17-18H,2-3,8H2,1H3,(H,30,35)/t15-,17-,18-,23-/m0/s1. The van der Waals surface area contributed by atoms with E-state index in [1.807, 2.05) is 4.90 Å². The van der Waals surface area contributed by atoms with E-state index in [9.17, 15) is 27.6 Å². The van der Waals surface area contributed by atoms with E-state index in [2.05, 4.69) is 5.32 Å². The number of carbonyl (C=O) groups excluding carboxylic acids is 3. The second kappa shape index (κ2) is 7.21. The molecule has 6 rings (SSSR count). The number of nitrogens with one attached hydrogen (secondary N) is 1. The number of imide groups is 1. The van der Waals surface area contributed by atoms with Crippen LogP contribution in [-0.2, 0) is 26.1 Å². The molecule has 0 unspecified atom stereocenters. The number of nitrogens with zero attached hydrogens (tertiary/aromatic N) is 2. The van der Waals surface area contributed by atoms with Gasteiger partial charge in [-0.05, 0) is 56.1 Å². The Hall–Kier alpha value is -2.62. The quantitative estimate of drug-likeness (QED) is 0.547. The zero-order chi connectivity index (χ0) is 25.0. The number of amides is 3. The number of carbonyl (C=O) groups is 3. The van der Waals surface area contributed by atoms with E-state index >= 15 is 0 Å². The van der Waals surface area contributed by atoms with Gasteiger partial charge in [-0.15, -0.1) is 0 Å². The first-order valence-corrected chi connectivity index (χ1v) is 11.9. The molecular weight excluding hydrogens is 506 g/mol. The van der Waals surface area contributed by atoms with E-state index in [0.29, 0.717) is 40.9 Å². The van der Waals surface area contributed by atoms with Crippen molar-refractivity contribution >= 4 is 52.3 Å². The lowest BCUT2D eigenvalue weighted by Gasteiger charge is -2.36. The molecule has 3 amide bonds. The Bertz CT molecular complexity index is 1350. The summed E-state index contributed by atoms with van der Waals surface area (Å²) in [6, 6.07) is 5.47. The molecule has 0 aliphatic carbocycles. The highest BCUT2D eigenvalue weighted by Crippen LogP contribution is 2.61. The minimum absolute atomic E-state index is 0.157. The zero-order valence-corrected chi connectivity index (χ0v) is 19.8. The minimum Gasteiger partial charge on any atom is -0.324 e. The molecule has 0 bridgehead atoms. The number of benzene rings is 2. The van der Waals surface area contributed by atoms with Gasteiger partial charge in [-0.2, -0.15) is 13.2 Å². The SMILES string of the molecule is Cc1c(Cl)ccc2c1NC(=O)[C@@]21[C@@H]2C(=O)N(c3cc(C(F)(F)F)ccc3Cl)C(=O)[C@H]2[C@@H]2CCCN21. The maximum absolute atomic E-state index is 13.9. The first-order valence-electron chi connectivity index (χ1n) is 11.1. The molecule has 2 aromatic carbocycles. The summed E-state index contributed by atoms with van der Waals surface area (Å²) in [6.45, 7) is 2.27. The molecule has 4 aliphatic heterocycles. The summed E-state index contributed by atoms with van der Waals surface area (Å²) < 4.78 is 40.2. The Labute approximate surface area is 208 Å². The average Bonchev–Trinajstić information content (AvgIpc) is 3.50. The maximum Gasteiger partial charge on any atom is 0.416 e. The van der Waals surface area contributed by atoms with Crippen LogP contribution < -0.4 is 10.2 Å². The second-order valence-corrected chi connectivity index (χ2v) is 10.2. The van der Waals surface area contributed by atoms with Crippen LogP contribution in [0, 0.1) is 18.8 Å². The lowest BCUT2D eigenvalue weighted by Crippen LogP contribution is -2.54. The Balaban J connectivity index is 1.55. The van der Waals surface area contributed by atoms with Crippen LogP contribution in [0.15, 0.2) is 30.3 Å². The van der Waals surface area contributed by atoms with Crippen molar-refractivity contribution in [1.82, 2.24) is 4.90 Å². The molecule has 11 heteroatoms. The molecule has 0 radical (unpaired) electrons. The maximum atomic E-state index is 13.9. The van der Waals surface area contributed by atoms with Crippen molar-refractivity contribution in [1.29, 1.82) is 0 Å². The van der Waals surface area contributed by atoms with Gasteiger partial charge in [0.05, 0.1) is 33.8 Å². The van der Waals surface area contributed by atoms with Crippen LogP contribution in [0.2, 0.25) is 10.0 Å². The van der Waals surface area contributed by atoms with Crippen LogP contribution in [0.1, 0.15) is 29.5 Å². The summed E-state index contributed by atoms with van der Waals surface area (Å²) in [4.78, 5) is 44.0. The molecule has 4 atom stereocenters. The van der Waals surface area contributed by atoms with E-state index in [1.54, 1.807) is 19.1 Å². The van der Waals surface area contributed by atoms with Gasteiger partial charge in [0.15, 0.2) is 0 Å². The fourth-order valence-corrected chi connectivity index (χ4v) is 6.85. The summed E-state index contributed by atoms with van der Waals surface area (Å²) in [5.41, 5.74) is -1.10. The van der Waals surface area contributed by atoms with Crippen molar-refractivity contribution in [3.8, 4) is 0 Å². The molecule has 0 aromatic heterocycles. The van der Waals surface area contributed by atoms with Crippen molar-refractivity contribution in [2.24, 2.45) is 11.8 Å². The van der Waals surface area contributed by atoms with Gasteiger partial charge < -0.3 is 5.32 Å². The third-order valence-electron chi connectivity index (χ3n) is 7.88. The summed E-state index contributed by atoms with van der Waals surface area (Å²) >= 11 is 12.5. The molecule has 3 saturated heterocycles. The van der Waals surface area contributed by atoms with Crippen molar-refractivity contribution in [2.75, 3.05) is 16.8 Å². The van der Waals surface area contributed by atoms with Crippen LogP contribution in [0.4, 0.5) is 24.5 Å². The van der Waals surface area contributed by atoms with Gasteiger partial charge in [-0.25, -0.2) is 4.90 Å². The number of fused-ring (bicyclic) bond motifs is 7. The number of halogens is 5. The third-order valence-corrected chi connectivity index (χ3v) is 8.61. The number of alkyl halides is 3. The molecule has 2 aromatic rings. The topological polar surface area (TPSA) is 69.7 Å². The van der Waals surface area contributed by atoms with E-state index < -0.39 is 52.9 Å². The molecule has 35 heavy (non-hydrogen) atoms. The Morgan fingerprint density at radius 1 is 1.06 bits per heavy atom. The van der Waals surface area contributed by atoms with Gasteiger partial charge in [0.2, 0.25) is 17.7 Å². The number of hydrogen-bond acceptors (Lipinski definition) is 4. The number of anilines is 2. The summed E-state index contributed by atoms with van der Waals surface area (Å²) in [5, 5.41) is 3.16. The lowest BCUT2D eigenvalue weighted by atomic mass is 9.75. The van der Waals surface area contributed by atoms with E-state index in [-0.39, 0.29) is 10.7 Å². The van der Waals surface area contributed by atoms with Gasteiger partial charge >= 0.3 is 6.18 Å². The number of hydrogen-bond donors (Lipinski definition) is 1. The fraction of sp³-hybridized carbons (Fsp3) is 0.375. The van der Waals surface area contributed by atoms with Crippen LogP contribution >= 0.6 is 23.2 Å². The van der Waals surface area contributed by atoms with Gasteiger partial charge in [-0.3, -0.25) is 19.3 Å². The van der Waals surface area contributed by atoms with Gasteiger partial charge in [-0.1, -0.05) is 29.3 Å². The monoisotopic (exact) mass is 523 g/mol. The first-order chi connectivity index (χ1) is 16.5. The molecule has 1 spiro atoms. The predicted molar refractivity (Wildman–Crippen MR) is 122 cm³/mol. The third kappa shape index (κ3) is 2.74. The molecule has 1 N–H and O–H groups in total. The molecule has 182 valence electrons. The smallest absolute Gasteiger partial charge is 0.324 e. The highest BCUT2D eigenvalue weighted by atomic mass is 35.5. The van der Waals surface area contributed by atoms with Crippen molar-refractivity contribution in [3.05, 3.63) is 57.1 Å². The summed E-state index contributed by atoms with van der Waals surface area (Å²) in [5.74, 6) is -3.79. The summed E-state index contributed by atoms with van der Waals surface area (Å²) in [6.07, 6.45) is -3.39. The predicted octanol–water partition coefficient (Wildman–Crippen LogP) is 4.75. The molecule has 4 aliphatic rings. The van der Waals surface area contributed by atoms with Crippen LogP contribution in [0.3, 0.4) is 0 Å². The molecular formula is C24H18Cl2F3N3O3. The highest BCUT2D eigenvalue weighted by molar-refractivity contribution is 6.36. The Morgan fingerprint density at radius 2 is 1.77 bits per heavy atom. The van der Waals surface area contributed by atoms with E-state index in [0.717, 1.165) is 23.5 Å². The fourth-order valence-electron chi connectivity index (χ4n) is 6.49. The van der Waals surface area contributed by atoms with Gasteiger partial charge in [0.25, 0.3) is 0 Å². The van der Waals surface area contributed by atoms with Gasteiger partial charge in [0, 0.05) is 16.6 Å². The highest BCUT2D eigenvalue weighted by Gasteiger charge is 2.74. The minimum atomic E-state index is -4.69. The Kier molecular flexibility index (Phi) is 4.70. The average molecular weight is 524 g/mol. The lowest BCUT2D eigenvalue weighted by molar-refractivity contribution is -0.137. The second-order valence-electron chi connectivity index (χ2n) is 9.40. The first kappa shape index (κ1) is 22.8. The molecule has 0 saturated carbocycles.